The summed E-state index contributed by atoms with van der Waals surface area (Å²) in [6.45, 7) is 1.54. The van der Waals surface area contributed by atoms with Crippen molar-refractivity contribution in [2.75, 3.05) is 13.1 Å². The van der Waals surface area contributed by atoms with Crippen molar-refractivity contribution in [3.63, 3.8) is 0 Å². The van der Waals surface area contributed by atoms with E-state index in [1.165, 1.54) is 19.3 Å². The number of carbonyl (C=O) groups is 2. The Bertz CT molecular complexity index is 422. The minimum atomic E-state index is 0.0275. The number of hydrogen-bond acceptors (Lipinski definition) is 2. The van der Waals surface area contributed by atoms with Crippen LogP contribution in [0.2, 0.25) is 0 Å². The fourth-order valence-electron chi connectivity index (χ4n) is 5.13. The fourth-order valence-corrected chi connectivity index (χ4v) is 5.13. The van der Waals surface area contributed by atoms with Gasteiger partial charge < -0.3 is 9.80 Å². The Balaban J connectivity index is 1.79. The third-order valence-electron chi connectivity index (χ3n) is 5.78. The van der Waals surface area contributed by atoms with Gasteiger partial charge in [0.05, 0.1) is 11.6 Å². The Morgan fingerprint density at radius 2 is 1.94 bits per heavy atom. The Kier molecular flexibility index (Phi) is 2.10. The molecule has 1 saturated carbocycles. The highest BCUT2D eigenvalue weighted by atomic mass is 16.2. The van der Waals surface area contributed by atoms with Crippen molar-refractivity contribution in [3.8, 4) is 0 Å². The average Bonchev–Trinajstić information content (AvgIpc) is 2.88. The molecule has 3 heterocycles. The first-order valence-corrected chi connectivity index (χ1v) is 7.33. The summed E-state index contributed by atoms with van der Waals surface area (Å²) in [6, 6.07) is 0.329. The van der Waals surface area contributed by atoms with Crippen molar-refractivity contribution < 1.29 is 9.59 Å². The molecule has 0 aromatic heterocycles. The Morgan fingerprint density at radius 1 is 1.06 bits per heavy atom. The second-order valence-corrected chi connectivity index (χ2v) is 6.33. The van der Waals surface area contributed by atoms with Crippen molar-refractivity contribution in [3.05, 3.63) is 0 Å². The zero-order chi connectivity index (χ0) is 12.3. The quantitative estimate of drug-likeness (QED) is 0.645. The van der Waals surface area contributed by atoms with Crippen molar-refractivity contribution in [1.82, 2.24) is 9.80 Å². The number of nitrogens with zero attached hydrogens (tertiary/aromatic N) is 2. The second kappa shape index (κ2) is 3.49. The fraction of sp³-hybridized carbons (Fsp3) is 0.857. The summed E-state index contributed by atoms with van der Waals surface area (Å²) < 4.78 is 0. The van der Waals surface area contributed by atoms with Gasteiger partial charge in [-0.2, -0.15) is 0 Å². The van der Waals surface area contributed by atoms with E-state index in [0.717, 1.165) is 32.4 Å². The molecule has 0 aromatic rings. The SMILES string of the molecule is O=C1CC[C@@H]2N1CCN1C(=O)C[C@@H]3CCCC[C@]321. The van der Waals surface area contributed by atoms with Crippen molar-refractivity contribution in [2.45, 2.75) is 56.5 Å². The van der Waals surface area contributed by atoms with Crippen LogP contribution in [0.1, 0.15) is 44.9 Å². The summed E-state index contributed by atoms with van der Waals surface area (Å²) in [7, 11) is 0. The summed E-state index contributed by atoms with van der Waals surface area (Å²) in [6.07, 6.45) is 7.18. The number of fused-ring (bicyclic) bond motifs is 1. The van der Waals surface area contributed by atoms with E-state index < -0.39 is 0 Å². The monoisotopic (exact) mass is 248 g/mol. The van der Waals surface area contributed by atoms with E-state index in [1.807, 2.05) is 0 Å². The zero-order valence-corrected chi connectivity index (χ0v) is 10.7. The molecule has 4 rings (SSSR count). The number of amides is 2. The third-order valence-corrected chi connectivity index (χ3v) is 5.78. The van der Waals surface area contributed by atoms with Crippen molar-refractivity contribution in [2.24, 2.45) is 5.92 Å². The molecule has 4 nitrogen and oxygen atoms in total. The molecule has 98 valence electrons. The van der Waals surface area contributed by atoms with Gasteiger partial charge in [-0.3, -0.25) is 9.59 Å². The topological polar surface area (TPSA) is 40.6 Å². The van der Waals surface area contributed by atoms with Crippen LogP contribution in [-0.2, 0) is 9.59 Å². The van der Waals surface area contributed by atoms with E-state index in [-0.39, 0.29) is 5.54 Å². The molecule has 4 aliphatic rings. The standard InChI is InChI=1S/C14H20N2O2/c17-12-5-4-11-14-6-2-1-3-10(14)9-13(18)16(14)8-7-15(11)12/h10-11H,1-9H2/t10-,11-,14-/m0/s1. The molecular formula is C14H20N2O2. The van der Waals surface area contributed by atoms with E-state index in [1.54, 1.807) is 0 Å². The lowest BCUT2D eigenvalue weighted by molar-refractivity contribution is -0.146. The molecule has 18 heavy (non-hydrogen) atoms. The highest BCUT2D eigenvalue weighted by molar-refractivity contribution is 5.84. The summed E-state index contributed by atoms with van der Waals surface area (Å²) >= 11 is 0. The van der Waals surface area contributed by atoms with E-state index in [2.05, 4.69) is 9.80 Å². The summed E-state index contributed by atoms with van der Waals surface area (Å²) in [5.74, 6) is 1.18. The molecule has 0 N–H and O–H groups in total. The molecule has 0 radical (unpaired) electrons. The first-order valence-electron chi connectivity index (χ1n) is 7.33. The van der Waals surface area contributed by atoms with Crippen LogP contribution in [0.3, 0.4) is 0 Å². The number of rotatable bonds is 0. The molecule has 3 saturated heterocycles. The maximum atomic E-state index is 12.3. The summed E-state index contributed by atoms with van der Waals surface area (Å²) in [5, 5.41) is 0. The Hall–Kier alpha value is -1.06. The predicted molar refractivity (Wildman–Crippen MR) is 65.8 cm³/mol. The van der Waals surface area contributed by atoms with Gasteiger partial charge in [0.1, 0.15) is 0 Å². The van der Waals surface area contributed by atoms with Crippen LogP contribution in [0, 0.1) is 5.92 Å². The first kappa shape index (κ1) is 10.8. The summed E-state index contributed by atoms with van der Waals surface area (Å²) in [5.41, 5.74) is 0.0275. The van der Waals surface area contributed by atoms with Gasteiger partial charge in [-0.25, -0.2) is 0 Å². The van der Waals surface area contributed by atoms with E-state index >= 15 is 0 Å². The van der Waals surface area contributed by atoms with Crippen molar-refractivity contribution >= 4 is 11.8 Å². The van der Waals surface area contributed by atoms with Crippen LogP contribution in [0.25, 0.3) is 0 Å². The van der Waals surface area contributed by atoms with Crippen LogP contribution in [0.5, 0.6) is 0 Å². The van der Waals surface area contributed by atoms with E-state index in [0.29, 0.717) is 30.2 Å². The Labute approximate surface area is 107 Å². The molecule has 0 bridgehead atoms. The van der Waals surface area contributed by atoms with E-state index in [9.17, 15) is 9.59 Å². The molecule has 3 aliphatic heterocycles. The van der Waals surface area contributed by atoms with Crippen LogP contribution in [0.4, 0.5) is 0 Å². The van der Waals surface area contributed by atoms with Crippen LogP contribution < -0.4 is 0 Å². The Morgan fingerprint density at radius 3 is 2.83 bits per heavy atom. The van der Waals surface area contributed by atoms with Gasteiger partial charge in [-0.1, -0.05) is 12.8 Å². The minimum absolute atomic E-state index is 0.0275. The summed E-state index contributed by atoms with van der Waals surface area (Å²) in [4.78, 5) is 28.5. The highest BCUT2D eigenvalue weighted by Gasteiger charge is 2.62. The first-order chi connectivity index (χ1) is 8.73. The lowest BCUT2D eigenvalue weighted by atomic mass is 9.67. The van der Waals surface area contributed by atoms with E-state index in [4.69, 9.17) is 0 Å². The van der Waals surface area contributed by atoms with Crippen LogP contribution in [-0.4, -0.2) is 46.3 Å². The number of carbonyl (C=O) groups excluding carboxylic acids is 2. The highest BCUT2D eigenvalue weighted by Crippen LogP contribution is 2.52. The van der Waals surface area contributed by atoms with Gasteiger partial charge in [0.2, 0.25) is 11.8 Å². The molecule has 4 heteroatoms. The van der Waals surface area contributed by atoms with Gasteiger partial charge >= 0.3 is 0 Å². The average molecular weight is 248 g/mol. The van der Waals surface area contributed by atoms with Gasteiger partial charge in [0.25, 0.3) is 0 Å². The number of hydrogen-bond donors (Lipinski definition) is 0. The van der Waals surface area contributed by atoms with Gasteiger partial charge in [-0.15, -0.1) is 0 Å². The third kappa shape index (κ3) is 1.12. The van der Waals surface area contributed by atoms with Crippen molar-refractivity contribution in [1.29, 1.82) is 0 Å². The maximum absolute atomic E-state index is 12.3. The predicted octanol–water partition coefficient (Wildman–Crippen LogP) is 1.15. The maximum Gasteiger partial charge on any atom is 0.223 e. The molecule has 0 aromatic carbocycles. The van der Waals surface area contributed by atoms with Gasteiger partial charge in [-0.05, 0) is 25.2 Å². The van der Waals surface area contributed by atoms with Crippen LogP contribution in [0.15, 0.2) is 0 Å². The molecule has 1 spiro atoms. The molecule has 4 fully saturated rings. The van der Waals surface area contributed by atoms with Gasteiger partial charge in [0, 0.05) is 25.9 Å². The number of piperazine rings is 1. The minimum Gasteiger partial charge on any atom is -0.336 e. The molecule has 3 atom stereocenters. The lowest BCUT2D eigenvalue weighted by Gasteiger charge is -2.55. The smallest absolute Gasteiger partial charge is 0.223 e. The molecule has 0 unspecified atom stereocenters. The van der Waals surface area contributed by atoms with Crippen LogP contribution >= 0.6 is 0 Å². The molecular weight excluding hydrogens is 228 g/mol. The molecule has 1 aliphatic carbocycles. The largest absolute Gasteiger partial charge is 0.336 e. The second-order valence-electron chi connectivity index (χ2n) is 6.33. The lowest BCUT2D eigenvalue weighted by Crippen LogP contribution is -2.67. The normalized spacial score (nSPS) is 42.9. The van der Waals surface area contributed by atoms with Gasteiger partial charge in [0.15, 0.2) is 0 Å². The zero-order valence-electron chi connectivity index (χ0n) is 10.7. The molecule has 2 amide bonds.